The minimum atomic E-state index is -0.693. The molecule has 0 spiro atoms. The lowest BCUT2D eigenvalue weighted by atomic mass is 10.1. The second kappa shape index (κ2) is 5.61. The number of nitro groups is 1. The average molecular weight is 292 g/mol. The van der Waals surface area contributed by atoms with E-state index in [9.17, 15) is 15.2 Å². The Labute approximate surface area is 125 Å². The van der Waals surface area contributed by atoms with Gasteiger partial charge >= 0.3 is 0 Å². The number of rotatable bonds is 3. The van der Waals surface area contributed by atoms with E-state index in [1.165, 1.54) is 24.4 Å². The Hall–Kier alpha value is -3.28. The quantitative estimate of drug-likeness (QED) is 0.421. The van der Waals surface area contributed by atoms with Gasteiger partial charge in [-0.15, -0.1) is 0 Å². The van der Waals surface area contributed by atoms with Crippen molar-refractivity contribution in [2.24, 2.45) is 4.99 Å². The van der Waals surface area contributed by atoms with Gasteiger partial charge in [-0.05, 0) is 35.6 Å². The van der Waals surface area contributed by atoms with Crippen LogP contribution in [0, 0.1) is 10.1 Å². The molecule has 0 N–H and O–H groups in total. The van der Waals surface area contributed by atoms with Crippen LogP contribution in [0.15, 0.2) is 59.7 Å². The SMILES string of the molecule is O=[N+]([O-])c1cccc(C=Nc2cccc3ncccc23)c1[O-]. The summed E-state index contributed by atoms with van der Waals surface area (Å²) in [5.74, 6) is -0.644. The summed E-state index contributed by atoms with van der Waals surface area (Å²) in [5.41, 5.74) is 1.16. The molecule has 0 bridgehead atoms. The van der Waals surface area contributed by atoms with Gasteiger partial charge in [-0.25, -0.2) is 0 Å². The second-order valence-electron chi connectivity index (χ2n) is 4.56. The third-order valence-electron chi connectivity index (χ3n) is 3.19. The molecule has 0 amide bonds. The molecule has 3 rings (SSSR count). The molecule has 0 aliphatic carbocycles. The summed E-state index contributed by atoms with van der Waals surface area (Å²) in [6.07, 6.45) is 3.03. The predicted molar refractivity (Wildman–Crippen MR) is 81.5 cm³/mol. The van der Waals surface area contributed by atoms with Gasteiger partial charge in [0.15, 0.2) is 0 Å². The Balaban J connectivity index is 2.04. The van der Waals surface area contributed by atoms with Gasteiger partial charge < -0.3 is 5.11 Å². The van der Waals surface area contributed by atoms with Gasteiger partial charge in [0, 0.05) is 23.9 Å². The third kappa shape index (κ3) is 2.49. The van der Waals surface area contributed by atoms with Crippen molar-refractivity contribution >= 4 is 28.5 Å². The smallest absolute Gasteiger partial charge is 0.262 e. The summed E-state index contributed by atoms with van der Waals surface area (Å²) in [5, 5.41) is 23.6. The largest absolute Gasteiger partial charge is 0.867 e. The van der Waals surface area contributed by atoms with Crippen LogP contribution in [-0.4, -0.2) is 16.1 Å². The van der Waals surface area contributed by atoms with Crippen LogP contribution in [0.4, 0.5) is 11.4 Å². The van der Waals surface area contributed by atoms with Crippen molar-refractivity contribution in [2.45, 2.75) is 0 Å². The Morgan fingerprint density at radius 2 is 1.91 bits per heavy atom. The number of hydrogen-bond acceptors (Lipinski definition) is 5. The van der Waals surface area contributed by atoms with E-state index in [1.807, 2.05) is 18.2 Å². The number of hydrogen-bond donors (Lipinski definition) is 0. The zero-order valence-electron chi connectivity index (χ0n) is 11.3. The summed E-state index contributed by atoms with van der Waals surface area (Å²) >= 11 is 0. The van der Waals surface area contributed by atoms with Gasteiger partial charge in [0.25, 0.3) is 5.69 Å². The topological polar surface area (TPSA) is 91.5 Å². The molecule has 6 heteroatoms. The van der Waals surface area contributed by atoms with E-state index in [4.69, 9.17) is 0 Å². The molecule has 0 aliphatic rings. The molecule has 2 aromatic carbocycles. The van der Waals surface area contributed by atoms with Crippen molar-refractivity contribution in [3.63, 3.8) is 0 Å². The van der Waals surface area contributed by atoms with E-state index < -0.39 is 16.4 Å². The van der Waals surface area contributed by atoms with Gasteiger partial charge in [-0.3, -0.25) is 20.1 Å². The molecule has 108 valence electrons. The molecule has 1 aromatic heterocycles. The van der Waals surface area contributed by atoms with Gasteiger partial charge in [0.05, 0.1) is 16.1 Å². The Morgan fingerprint density at radius 3 is 2.73 bits per heavy atom. The molecule has 1 heterocycles. The number of para-hydroxylation sites is 1. The zero-order chi connectivity index (χ0) is 15.5. The summed E-state index contributed by atoms with van der Waals surface area (Å²) in [6, 6.07) is 13.3. The van der Waals surface area contributed by atoms with Crippen molar-refractivity contribution in [3.8, 4) is 5.75 Å². The first-order chi connectivity index (χ1) is 10.7. The van der Waals surface area contributed by atoms with Crippen LogP contribution in [0.2, 0.25) is 0 Å². The molecule has 3 aromatic rings. The first-order valence-corrected chi connectivity index (χ1v) is 6.49. The highest BCUT2D eigenvalue weighted by molar-refractivity contribution is 5.94. The van der Waals surface area contributed by atoms with Crippen molar-refractivity contribution in [2.75, 3.05) is 0 Å². The fourth-order valence-corrected chi connectivity index (χ4v) is 2.13. The van der Waals surface area contributed by atoms with Crippen molar-refractivity contribution < 1.29 is 10.0 Å². The normalized spacial score (nSPS) is 11.1. The number of fused-ring (bicyclic) bond motifs is 1. The lowest BCUT2D eigenvalue weighted by Crippen LogP contribution is -2.01. The number of benzene rings is 2. The van der Waals surface area contributed by atoms with Crippen LogP contribution in [0.3, 0.4) is 0 Å². The Bertz CT molecular complexity index is 885. The zero-order valence-corrected chi connectivity index (χ0v) is 11.3. The number of nitrogens with zero attached hydrogens (tertiary/aromatic N) is 3. The fraction of sp³-hybridized carbons (Fsp3) is 0. The highest BCUT2D eigenvalue weighted by Crippen LogP contribution is 2.27. The molecule has 0 unspecified atom stereocenters. The van der Waals surface area contributed by atoms with Gasteiger partial charge in [0.2, 0.25) is 0 Å². The van der Waals surface area contributed by atoms with E-state index >= 15 is 0 Å². The fourth-order valence-electron chi connectivity index (χ4n) is 2.13. The minimum absolute atomic E-state index is 0.176. The number of nitro benzene ring substituents is 1. The molecule has 0 radical (unpaired) electrons. The van der Waals surface area contributed by atoms with Crippen LogP contribution in [-0.2, 0) is 0 Å². The van der Waals surface area contributed by atoms with E-state index in [-0.39, 0.29) is 5.56 Å². The molecule has 0 aliphatic heterocycles. The first-order valence-electron chi connectivity index (χ1n) is 6.49. The minimum Gasteiger partial charge on any atom is -0.867 e. The number of pyridine rings is 1. The lowest BCUT2D eigenvalue weighted by molar-refractivity contribution is -0.398. The summed E-state index contributed by atoms with van der Waals surface area (Å²) in [7, 11) is 0. The van der Waals surface area contributed by atoms with Crippen LogP contribution in [0.25, 0.3) is 10.9 Å². The summed E-state index contributed by atoms with van der Waals surface area (Å²) in [6.45, 7) is 0. The first kappa shape index (κ1) is 13.7. The van der Waals surface area contributed by atoms with Crippen LogP contribution < -0.4 is 5.11 Å². The van der Waals surface area contributed by atoms with E-state index in [2.05, 4.69) is 9.98 Å². The van der Waals surface area contributed by atoms with Crippen LogP contribution in [0.1, 0.15) is 5.56 Å². The maximum atomic E-state index is 11.9. The molecule has 0 saturated carbocycles. The molecular formula is C16H10N3O3-. The van der Waals surface area contributed by atoms with Crippen LogP contribution in [0.5, 0.6) is 5.75 Å². The van der Waals surface area contributed by atoms with Gasteiger partial charge in [-0.2, -0.15) is 0 Å². The predicted octanol–water partition coefficient (Wildman–Crippen LogP) is 2.97. The molecule has 0 saturated heterocycles. The summed E-state index contributed by atoms with van der Waals surface area (Å²) in [4.78, 5) is 18.6. The van der Waals surface area contributed by atoms with E-state index in [1.54, 1.807) is 18.3 Å². The molecule has 0 fully saturated rings. The monoisotopic (exact) mass is 292 g/mol. The average Bonchev–Trinajstić information content (AvgIpc) is 2.53. The highest BCUT2D eigenvalue weighted by atomic mass is 16.6. The Kier molecular flexibility index (Phi) is 3.49. The van der Waals surface area contributed by atoms with Crippen molar-refractivity contribution in [1.29, 1.82) is 0 Å². The van der Waals surface area contributed by atoms with Gasteiger partial charge in [0.1, 0.15) is 0 Å². The van der Waals surface area contributed by atoms with Gasteiger partial charge in [-0.1, -0.05) is 18.2 Å². The third-order valence-corrected chi connectivity index (χ3v) is 3.19. The maximum absolute atomic E-state index is 11.9. The second-order valence-corrected chi connectivity index (χ2v) is 4.56. The maximum Gasteiger partial charge on any atom is 0.262 e. The molecular weight excluding hydrogens is 282 g/mol. The number of aromatic nitrogens is 1. The van der Waals surface area contributed by atoms with Crippen LogP contribution >= 0.6 is 0 Å². The van der Waals surface area contributed by atoms with E-state index in [0.29, 0.717) is 5.69 Å². The molecule has 0 atom stereocenters. The lowest BCUT2D eigenvalue weighted by Gasteiger charge is -2.09. The van der Waals surface area contributed by atoms with Crippen molar-refractivity contribution in [3.05, 3.63) is 70.4 Å². The highest BCUT2D eigenvalue weighted by Gasteiger charge is 2.08. The van der Waals surface area contributed by atoms with Crippen molar-refractivity contribution in [1.82, 2.24) is 4.98 Å². The Morgan fingerprint density at radius 1 is 1.09 bits per heavy atom. The molecule has 22 heavy (non-hydrogen) atoms. The number of aliphatic imine (C=N–C) groups is 1. The summed E-state index contributed by atoms with van der Waals surface area (Å²) < 4.78 is 0. The standard InChI is InChI=1S/C16H11N3O3/c20-16-11(4-1-8-15(16)19(21)22)10-18-14-7-2-6-13-12(14)5-3-9-17-13/h1-10,20H/p-1. The van der Waals surface area contributed by atoms with E-state index in [0.717, 1.165) is 10.9 Å². The molecule has 6 nitrogen and oxygen atoms in total.